The number of hydrazone groups is 1. The van der Waals surface area contributed by atoms with E-state index in [0.717, 1.165) is 17.2 Å². The number of nitrogens with zero attached hydrogens (tertiary/aromatic N) is 2. The molecule has 0 aromatic carbocycles. The van der Waals surface area contributed by atoms with Gasteiger partial charge in [-0.25, -0.2) is 0 Å². The molecule has 0 aliphatic rings. The van der Waals surface area contributed by atoms with Crippen molar-refractivity contribution in [2.45, 2.75) is 6.92 Å². The number of rotatable bonds is 6. The molecule has 1 aromatic heterocycles. The van der Waals surface area contributed by atoms with Crippen LogP contribution in [0.1, 0.15) is 12.6 Å². The molecule has 104 valence electrons. The van der Waals surface area contributed by atoms with Gasteiger partial charge in [0.15, 0.2) is 4.32 Å². The van der Waals surface area contributed by atoms with Crippen LogP contribution < -0.4 is 10.2 Å². The first-order valence-corrected chi connectivity index (χ1v) is 7.27. The Morgan fingerprint density at radius 1 is 1.53 bits per heavy atom. The number of hydrogen-bond acceptors (Lipinski definition) is 6. The number of ether oxygens (including phenoxy) is 2. The fraction of sp³-hybridized carbons (Fsp3) is 0.417. The van der Waals surface area contributed by atoms with Crippen molar-refractivity contribution >= 4 is 34.0 Å². The van der Waals surface area contributed by atoms with Crippen LogP contribution >= 0.6 is 24.0 Å². The SMILES string of the molecule is COCCOc1ccnc(/C(C)=N/NC(=S)SC)c1. The summed E-state index contributed by atoms with van der Waals surface area (Å²) in [5, 5.41) is 4.16. The predicted octanol–water partition coefficient (Wildman–Crippen LogP) is 2.07. The van der Waals surface area contributed by atoms with Gasteiger partial charge in [0.1, 0.15) is 12.4 Å². The fourth-order valence-electron chi connectivity index (χ4n) is 1.17. The molecule has 0 atom stereocenters. The van der Waals surface area contributed by atoms with Crippen LogP contribution in [0.2, 0.25) is 0 Å². The second-order valence-corrected chi connectivity index (χ2v) is 5.00. The van der Waals surface area contributed by atoms with Crippen LogP contribution in [0.3, 0.4) is 0 Å². The maximum Gasteiger partial charge on any atom is 0.153 e. The summed E-state index contributed by atoms with van der Waals surface area (Å²) in [5.41, 5.74) is 4.27. The summed E-state index contributed by atoms with van der Waals surface area (Å²) >= 11 is 6.44. The van der Waals surface area contributed by atoms with Crippen LogP contribution in [0, 0.1) is 0 Å². The van der Waals surface area contributed by atoms with Crippen molar-refractivity contribution in [1.82, 2.24) is 10.4 Å². The Hall–Kier alpha value is -1.18. The number of pyridine rings is 1. The maximum absolute atomic E-state index is 5.51. The fourth-order valence-corrected chi connectivity index (χ4v) is 1.36. The highest BCUT2D eigenvalue weighted by molar-refractivity contribution is 8.22. The third-order valence-electron chi connectivity index (χ3n) is 2.16. The van der Waals surface area contributed by atoms with E-state index in [1.165, 1.54) is 11.8 Å². The van der Waals surface area contributed by atoms with E-state index < -0.39 is 0 Å². The lowest BCUT2D eigenvalue weighted by Gasteiger charge is -2.07. The average Bonchev–Trinajstić information content (AvgIpc) is 2.45. The molecule has 0 spiro atoms. The van der Waals surface area contributed by atoms with Crippen LogP contribution in [0.25, 0.3) is 0 Å². The molecule has 1 rings (SSSR count). The molecule has 0 bridgehead atoms. The van der Waals surface area contributed by atoms with Gasteiger partial charge in [0.25, 0.3) is 0 Å². The lowest BCUT2D eigenvalue weighted by atomic mass is 10.2. The van der Waals surface area contributed by atoms with E-state index >= 15 is 0 Å². The molecule has 1 heterocycles. The molecule has 0 unspecified atom stereocenters. The van der Waals surface area contributed by atoms with E-state index in [9.17, 15) is 0 Å². The Kier molecular flexibility index (Phi) is 7.39. The van der Waals surface area contributed by atoms with E-state index in [1.807, 2.05) is 19.2 Å². The third kappa shape index (κ3) is 6.00. The highest BCUT2D eigenvalue weighted by atomic mass is 32.2. The standard InChI is InChI=1S/C12H17N3O2S2/c1-9(14-15-12(18)19-3)11-8-10(4-5-13-11)17-7-6-16-2/h4-5,8H,6-7H2,1-3H3,(H,15,18)/b14-9+. The van der Waals surface area contributed by atoms with Crippen molar-refractivity contribution in [3.8, 4) is 5.75 Å². The Morgan fingerprint density at radius 2 is 2.32 bits per heavy atom. The van der Waals surface area contributed by atoms with E-state index in [4.69, 9.17) is 21.7 Å². The number of thiocarbonyl (C=S) groups is 1. The van der Waals surface area contributed by atoms with Crippen LogP contribution in [0.5, 0.6) is 5.75 Å². The van der Waals surface area contributed by atoms with Gasteiger partial charge in [-0.05, 0) is 19.2 Å². The average molecular weight is 299 g/mol. The second-order valence-electron chi connectivity index (χ2n) is 3.52. The summed E-state index contributed by atoms with van der Waals surface area (Å²) in [5.74, 6) is 0.740. The van der Waals surface area contributed by atoms with Crippen LogP contribution in [0.15, 0.2) is 23.4 Å². The number of methoxy groups -OCH3 is 1. The minimum Gasteiger partial charge on any atom is -0.491 e. The zero-order valence-corrected chi connectivity index (χ0v) is 12.8. The molecule has 5 nitrogen and oxygen atoms in total. The van der Waals surface area contributed by atoms with E-state index in [2.05, 4.69) is 15.5 Å². The van der Waals surface area contributed by atoms with Crippen molar-refractivity contribution in [1.29, 1.82) is 0 Å². The maximum atomic E-state index is 5.51. The quantitative estimate of drug-likeness (QED) is 0.376. The van der Waals surface area contributed by atoms with E-state index in [0.29, 0.717) is 17.5 Å². The van der Waals surface area contributed by atoms with Gasteiger partial charge in [-0.1, -0.05) is 24.0 Å². The van der Waals surface area contributed by atoms with E-state index in [1.54, 1.807) is 19.4 Å². The molecule has 0 saturated heterocycles. The Labute approximate surface area is 122 Å². The van der Waals surface area contributed by atoms with Crippen molar-refractivity contribution in [3.63, 3.8) is 0 Å². The lowest BCUT2D eigenvalue weighted by molar-refractivity contribution is 0.146. The van der Waals surface area contributed by atoms with Crippen molar-refractivity contribution in [2.75, 3.05) is 26.6 Å². The molecule has 0 aliphatic heterocycles. The molecule has 7 heteroatoms. The number of thioether (sulfide) groups is 1. The van der Waals surface area contributed by atoms with Crippen molar-refractivity contribution in [3.05, 3.63) is 24.0 Å². The first-order valence-electron chi connectivity index (χ1n) is 5.63. The Balaban J connectivity index is 2.66. The van der Waals surface area contributed by atoms with Gasteiger partial charge in [-0.3, -0.25) is 10.4 Å². The Morgan fingerprint density at radius 3 is 3.00 bits per heavy atom. The van der Waals surface area contributed by atoms with E-state index in [-0.39, 0.29) is 0 Å². The first kappa shape index (κ1) is 15.9. The first-order chi connectivity index (χ1) is 9.17. The number of aromatic nitrogens is 1. The lowest BCUT2D eigenvalue weighted by Crippen LogP contribution is -2.14. The summed E-state index contributed by atoms with van der Waals surface area (Å²) in [6.45, 7) is 2.91. The van der Waals surface area contributed by atoms with Gasteiger partial charge in [-0.15, -0.1) is 0 Å². The zero-order chi connectivity index (χ0) is 14.1. The normalized spacial score (nSPS) is 11.2. The van der Waals surface area contributed by atoms with Crippen molar-refractivity contribution in [2.24, 2.45) is 5.10 Å². The minimum atomic E-state index is 0.505. The van der Waals surface area contributed by atoms with Crippen LogP contribution in [-0.2, 0) is 4.74 Å². The third-order valence-corrected chi connectivity index (χ3v) is 3.21. The topological polar surface area (TPSA) is 55.7 Å². The largest absolute Gasteiger partial charge is 0.491 e. The second kappa shape index (κ2) is 8.84. The van der Waals surface area contributed by atoms with Gasteiger partial charge in [0.05, 0.1) is 18.0 Å². The Bertz CT molecular complexity index is 452. The van der Waals surface area contributed by atoms with Gasteiger partial charge in [0, 0.05) is 19.4 Å². The molecular weight excluding hydrogens is 282 g/mol. The predicted molar refractivity (Wildman–Crippen MR) is 83.1 cm³/mol. The molecular formula is C12H17N3O2S2. The summed E-state index contributed by atoms with van der Waals surface area (Å²) in [4.78, 5) is 4.24. The minimum absolute atomic E-state index is 0.505. The van der Waals surface area contributed by atoms with Crippen LogP contribution in [0.4, 0.5) is 0 Å². The summed E-state index contributed by atoms with van der Waals surface area (Å²) in [6, 6.07) is 3.63. The van der Waals surface area contributed by atoms with Crippen molar-refractivity contribution < 1.29 is 9.47 Å². The van der Waals surface area contributed by atoms with Crippen LogP contribution in [-0.4, -0.2) is 41.6 Å². The number of hydrogen-bond donors (Lipinski definition) is 1. The summed E-state index contributed by atoms with van der Waals surface area (Å²) in [6.07, 6.45) is 3.58. The van der Waals surface area contributed by atoms with Gasteiger partial charge < -0.3 is 9.47 Å². The zero-order valence-electron chi connectivity index (χ0n) is 11.2. The highest BCUT2D eigenvalue weighted by Gasteiger charge is 2.02. The molecule has 0 radical (unpaired) electrons. The highest BCUT2D eigenvalue weighted by Crippen LogP contribution is 2.11. The monoisotopic (exact) mass is 299 g/mol. The molecule has 0 aliphatic carbocycles. The van der Waals surface area contributed by atoms with Gasteiger partial charge in [-0.2, -0.15) is 5.10 Å². The van der Waals surface area contributed by atoms with Gasteiger partial charge in [0.2, 0.25) is 0 Å². The molecule has 1 N–H and O–H groups in total. The molecule has 19 heavy (non-hydrogen) atoms. The molecule has 0 saturated carbocycles. The molecule has 0 amide bonds. The number of nitrogens with one attached hydrogen (secondary N) is 1. The molecule has 0 fully saturated rings. The summed E-state index contributed by atoms with van der Waals surface area (Å²) < 4.78 is 11.1. The molecule has 1 aromatic rings. The summed E-state index contributed by atoms with van der Waals surface area (Å²) in [7, 11) is 1.64. The van der Waals surface area contributed by atoms with Gasteiger partial charge >= 0.3 is 0 Å². The smallest absolute Gasteiger partial charge is 0.153 e.